The molecule has 6 rings (SSSR count). The lowest BCUT2D eigenvalue weighted by molar-refractivity contribution is -0.123. The lowest BCUT2D eigenvalue weighted by Gasteiger charge is -2.39. The van der Waals surface area contributed by atoms with Gasteiger partial charge in [-0.3, -0.25) is 14.4 Å². The highest BCUT2D eigenvalue weighted by Crippen LogP contribution is 2.29. The van der Waals surface area contributed by atoms with E-state index in [2.05, 4.69) is 15.6 Å². The van der Waals surface area contributed by atoms with Crippen LogP contribution in [0.3, 0.4) is 0 Å². The molecule has 42 heavy (non-hydrogen) atoms. The smallest absolute Gasteiger partial charge is 0.258 e. The molecule has 216 valence electrons. The van der Waals surface area contributed by atoms with Gasteiger partial charge in [0, 0.05) is 60.3 Å². The van der Waals surface area contributed by atoms with Gasteiger partial charge in [0.25, 0.3) is 17.7 Å². The molecule has 3 aromatic carbocycles. The maximum Gasteiger partial charge on any atom is 0.258 e. The van der Waals surface area contributed by atoms with Crippen LogP contribution >= 0.6 is 0 Å². The highest BCUT2D eigenvalue weighted by Gasteiger charge is 2.35. The number of rotatable bonds is 2. The van der Waals surface area contributed by atoms with Crippen molar-refractivity contribution in [2.24, 2.45) is 0 Å². The van der Waals surface area contributed by atoms with E-state index in [1.165, 1.54) is 25.3 Å². The Morgan fingerprint density at radius 1 is 1.07 bits per heavy atom. The van der Waals surface area contributed by atoms with Gasteiger partial charge in [0.1, 0.15) is 17.7 Å². The second-order valence-corrected chi connectivity index (χ2v) is 10.3. The number of halogens is 1. The molecule has 0 aliphatic carbocycles. The number of ether oxygens (including phenoxy) is 3. The molecule has 0 unspecified atom stereocenters. The van der Waals surface area contributed by atoms with Crippen molar-refractivity contribution in [2.45, 2.75) is 25.1 Å². The van der Waals surface area contributed by atoms with Crippen molar-refractivity contribution in [3.63, 3.8) is 0 Å². The largest absolute Gasteiger partial charge is 0.493 e. The van der Waals surface area contributed by atoms with Gasteiger partial charge in [-0.2, -0.15) is 0 Å². The number of carbonyl (C=O) groups excluding carboxylic acids is 3. The minimum Gasteiger partial charge on any atom is -0.493 e. The van der Waals surface area contributed by atoms with Crippen LogP contribution in [0.4, 0.5) is 4.39 Å². The number of piperidine rings is 1. The number of carbonyl (C=O) groups is 3. The second kappa shape index (κ2) is 11.4. The van der Waals surface area contributed by atoms with Crippen molar-refractivity contribution in [2.75, 3.05) is 26.8 Å². The number of hydrogen-bond acceptors (Lipinski definition) is 6. The SMILES string of the molecule is COc1ccc2cc1OCC(=O)NCc1cc(F)cc(c1)O[C@@H]1CCN(C(=O)c3ccc4[nH]ccc4c3)C[C@@H]1NC2=O. The molecule has 2 atom stereocenters. The van der Waals surface area contributed by atoms with Crippen molar-refractivity contribution in [3.8, 4) is 17.2 Å². The number of fused-ring (bicyclic) bond motifs is 6. The fraction of sp³-hybridized carbons (Fsp3) is 0.258. The average molecular weight is 573 g/mol. The molecule has 4 bridgehead atoms. The first-order chi connectivity index (χ1) is 20.4. The molecule has 3 amide bonds. The lowest BCUT2D eigenvalue weighted by Crippen LogP contribution is -2.58. The van der Waals surface area contributed by atoms with Crippen LogP contribution in [0.25, 0.3) is 10.9 Å². The van der Waals surface area contributed by atoms with Gasteiger partial charge < -0.3 is 34.7 Å². The van der Waals surface area contributed by atoms with E-state index in [4.69, 9.17) is 14.2 Å². The summed E-state index contributed by atoms with van der Waals surface area (Å²) in [6, 6.07) is 15.6. The maximum atomic E-state index is 14.5. The third-order valence-corrected chi connectivity index (χ3v) is 7.45. The van der Waals surface area contributed by atoms with Gasteiger partial charge in [-0.05, 0) is 60.2 Å². The summed E-state index contributed by atoms with van der Waals surface area (Å²) in [6.07, 6.45) is 1.65. The fourth-order valence-electron chi connectivity index (χ4n) is 5.31. The lowest BCUT2D eigenvalue weighted by atomic mass is 9.99. The van der Waals surface area contributed by atoms with Crippen LogP contribution in [0.15, 0.2) is 66.9 Å². The van der Waals surface area contributed by atoms with Crippen molar-refractivity contribution < 1.29 is 33.0 Å². The Hall–Kier alpha value is -5.06. The molecule has 3 N–H and O–H groups in total. The number of nitrogens with one attached hydrogen (secondary N) is 3. The molecule has 0 spiro atoms. The minimum atomic E-state index is -0.614. The van der Waals surface area contributed by atoms with Crippen molar-refractivity contribution in [3.05, 3.63) is 89.4 Å². The van der Waals surface area contributed by atoms with Crippen LogP contribution in [-0.4, -0.2) is 66.6 Å². The van der Waals surface area contributed by atoms with Gasteiger partial charge >= 0.3 is 0 Å². The molecule has 3 heterocycles. The Morgan fingerprint density at radius 2 is 1.95 bits per heavy atom. The number of aromatic nitrogens is 1. The minimum absolute atomic E-state index is 0.0616. The summed E-state index contributed by atoms with van der Waals surface area (Å²) in [4.78, 5) is 44.2. The van der Waals surface area contributed by atoms with Crippen LogP contribution < -0.4 is 24.8 Å². The fourth-order valence-corrected chi connectivity index (χ4v) is 5.31. The Bertz CT molecular complexity index is 1670. The van der Waals surface area contributed by atoms with Crippen molar-refractivity contribution in [1.82, 2.24) is 20.5 Å². The number of H-pyrrole nitrogens is 1. The Kier molecular flexibility index (Phi) is 7.39. The molecule has 2 aliphatic heterocycles. The molecule has 0 radical (unpaired) electrons. The molecular weight excluding hydrogens is 543 g/mol. The topological polar surface area (TPSA) is 122 Å². The summed E-state index contributed by atoms with van der Waals surface area (Å²) in [5.74, 6) is -0.724. The van der Waals surface area contributed by atoms with Gasteiger partial charge in [-0.1, -0.05) is 0 Å². The normalized spacial score (nSPS) is 19.1. The van der Waals surface area contributed by atoms with Gasteiger partial charge in [0.05, 0.1) is 13.2 Å². The van der Waals surface area contributed by atoms with Crippen molar-refractivity contribution >= 4 is 28.6 Å². The number of methoxy groups -OCH3 is 1. The zero-order valence-corrected chi connectivity index (χ0v) is 22.8. The number of amides is 3. The summed E-state index contributed by atoms with van der Waals surface area (Å²) in [6.45, 7) is 0.278. The predicted octanol–water partition coefficient (Wildman–Crippen LogP) is 3.42. The highest BCUT2D eigenvalue weighted by molar-refractivity contribution is 5.98. The molecular formula is C31H29FN4O6. The average Bonchev–Trinajstić information content (AvgIpc) is 3.47. The van der Waals surface area contributed by atoms with Crippen LogP contribution in [0.2, 0.25) is 0 Å². The summed E-state index contributed by atoms with van der Waals surface area (Å²) >= 11 is 0. The molecule has 1 saturated heterocycles. The zero-order chi connectivity index (χ0) is 29.2. The first-order valence-electron chi connectivity index (χ1n) is 13.6. The third kappa shape index (κ3) is 5.71. The van der Waals surface area contributed by atoms with Crippen LogP contribution in [0.1, 0.15) is 32.7 Å². The summed E-state index contributed by atoms with van der Waals surface area (Å²) in [5, 5.41) is 6.63. The molecule has 10 nitrogen and oxygen atoms in total. The van der Waals surface area contributed by atoms with E-state index in [9.17, 15) is 18.8 Å². The van der Waals surface area contributed by atoms with E-state index in [1.54, 1.807) is 29.2 Å². The number of benzene rings is 3. The summed E-state index contributed by atoms with van der Waals surface area (Å²) < 4.78 is 31.8. The van der Waals surface area contributed by atoms with E-state index >= 15 is 0 Å². The number of nitrogens with zero attached hydrogens (tertiary/aromatic N) is 1. The van der Waals surface area contributed by atoms with Crippen LogP contribution in [0.5, 0.6) is 17.2 Å². The van der Waals surface area contributed by atoms with Crippen molar-refractivity contribution in [1.29, 1.82) is 0 Å². The first-order valence-corrected chi connectivity index (χ1v) is 13.6. The van der Waals surface area contributed by atoms with Crippen LogP contribution in [0, 0.1) is 5.82 Å². The molecule has 1 fully saturated rings. The van der Waals surface area contributed by atoms with E-state index in [0.717, 1.165) is 10.9 Å². The Labute approximate surface area is 240 Å². The Morgan fingerprint density at radius 3 is 2.81 bits per heavy atom. The molecule has 11 heteroatoms. The van der Waals surface area contributed by atoms with E-state index < -0.39 is 29.8 Å². The molecule has 1 aromatic heterocycles. The Balaban J connectivity index is 1.31. The van der Waals surface area contributed by atoms with Gasteiger partial charge in [0.15, 0.2) is 18.1 Å². The number of hydrogen-bond donors (Lipinski definition) is 3. The van der Waals surface area contributed by atoms with E-state index in [-0.39, 0.29) is 42.7 Å². The number of aromatic amines is 1. The predicted molar refractivity (Wildman–Crippen MR) is 151 cm³/mol. The molecule has 0 saturated carbocycles. The van der Waals surface area contributed by atoms with E-state index in [0.29, 0.717) is 29.8 Å². The summed E-state index contributed by atoms with van der Waals surface area (Å²) in [7, 11) is 1.46. The molecule has 2 aliphatic rings. The monoisotopic (exact) mass is 572 g/mol. The van der Waals surface area contributed by atoms with Gasteiger partial charge in [0.2, 0.25) is 0 Å². The zero-order valence-electron chi connectivity index (χ0n) is 22.8. The van der Waals surface area contributed by atoms with Gasteiger partial charge in [-0.15, -0.1) is 0 Å². The van der Waals surface area contributed by atoms with Crippen LogP contribution in [-0.2, 0) is 11.3 Å². The third-order valence-electron chi connectivity index (χ3n) is 7.45. The second-order valence-electron chi connectivity index (χ2n) is 10.3. The highest BCUT2D eigenvalue weighted by atomic mass is 19.1. The standard InChI is InChI=1S/C31H29FN4O6/c1-40-27-5-3-20-13-28(27)41-17-29(37)34-15-18-10-22(32)14-23(11-18)42-26-7-9-36(16-25(26)35-30(20)38)31(39)21-2-4-24-19(12-21)6-8-33-24/h2-6,8,10-14,25-26,33H,7,9,15-17H2,1H3,(H,34,37)(H,35,38)/t25-,26+/m0/s1. The van der Waals surface area contributed by atoms with Gasteiger partial charge in [-0.25, -0.2) is 4.39 Å². The maximum absolute atomic E-state index is 14.5. The van der Waals surface area contributed by atoms with E-state index in [1.807, 2.05) is 24.4 Å². The number of likely N-dealkylation sites (tertiary alicyclic amines) is 1. The first kappa shape index (κ1) is 27.1. The quantitative estimate of drug-likeness (QED) is 0.339. The molecule has 4 aromatic rings. The summed E-state index contributed by atoms with van der Waals surface area (Å²) in [5.41, 5.74) is 2.24.